The van der Waals surface area contributed by atoms with E-state index in [9.17, 15) is 0 Å². The van der Waals surface area contributed by atoms with E-state index < -0.39 is 0 Å². The summed E-state index contributed by atoms with van der Waals surface area (Å²) in [7, 11) is 1.70. The van der Waals surface area contributed by atoms with E-state index in [4.69, 9.17) is 5.84 Å². The lowest BCUT2D eigenvalue weighted by molar-refractivity contribution is 1.02. The van der Waals surface area contributed by atoms with Crippen LogP contribution in [0.4, 0.5) is 0 Å². The molecule has 0 atom stereocenters. The summed E-state index contributed by atoms with van der Waals surface area (Å²) in [5.74, 6) is 5.95. The van der Waals surface area contributed by atoms with Gasteiger partial charge >= 0.3 is 0 Å². The topological polar surface area (TPSA) is 50.4 Å². The number of hydrogen-bond acceptors (Lipinski definition) is 3. The molecule has 60 valence electrons. The molecule has 0 radical (unpaired) electrons. The zero-order valence-corrected chi connectivity index (χ0v) is 8.37. The Kier molecular flexibility index (Phi) is 3.04. The van der Waals surface area contributed by atoms with Crippen molar-refractivity contribution in [3.8, 4) is 0 Å². The zero-order chi connectivity index (χ0) is 8.27. The molecule has 1 aromatic heterocycles. The third-order valence-corrected chi connectivity index (χ3v) is 3.04. The average Bonchev–Trinajstić information content (AvgIpc) is 2.40. The van der Waals surface area contributed by atoms with Gasteiger partial charge in [0.1, 0.15) is 0 Å². The van der Waals surface area contributed by atoms with E-state index in [1.807, 2.05) is 11.4 Å². The maximum atomic E-state index is 5.25. The molecule has 0 amide bonds. The van der Waals surface area contributed by atoms with Crippen LogP contribution in [0.5, 0.6) is 0 Å². The number of halogens is 1. The third kappa shape index (κ3) is 1.79. The van der Waals surface area contributed by atoms with E-state index in [0.29, 0.717) is 5.84 Å². The van der Waals surface area contributed by atoms with Gasteiger partial charge in [-0.1, -0.05) is 0 Å². The van der Waals surface area contributed by atoms with Crippen molar-refractivity contribution in [1.82, 2.24) is 5.43 Å². The van der Waals surface area contributed by atoms with Gasteiger partial charge in [-0.15, -0.1) is 11.3 Å². The van der Waals surface area contributed by atoms with Gasteiger partial charge in [0.2, 0.25) is 0 Å². The molecule has 5 heteroatoms. The van der Waals surface area contributed by atoms with Gasteiger partial charge in [-0.25, -0.2) is 5.84 Å². The van der Waals surface area contributed by atoms with Crippen LogP contribution in [0.15, 0.2) is 20.9 Å². The summed E-state index contributed by atoms with van der Waals surface area (Å²) in [6.45, 7) is 0. The summed E-state index contributed by atoms with van der Waals surface area (Å²) in [6, 6.07) is 1.96. The molecule has 0 aliphatic carbocycles. The maximum Gasteiger partial charge on any atom is 0.153 e. The van der Waals surface area contributed by atoms with Crippen molar-refractivity contribution >= 4 is 33.1 Å². The first-order valence-corrected chi connectivity index (χ1v) is 4.63. The number of nitrogens with one attached hydrogen (secondary N) is 1. The smallest absolute Gasteiger partial charge is 0.153 e. The molecule has 3 N–H and O–H groups in total. The molecule has 0 aromatic carbocycles. The summed E-state index contributed by atoms with van der Waals surface area (Å²) in [5.41, 5.74) is 2.53. The predicted octanol–water partition coefficient (Wildman–Crippen LogP) is 1.35. The summed E-state index contributed by atoms with van der Waals surface area (Å²) in [6.07, 6.45) is 0. The number of rotatable bonds is 1. The van der Waals surface area contributed by atoms with Gasteiger partial charge in [-0.05, 0) is 27.4 Å². The highest BCUT2D eigenvalue weighted by Crippen LogP contribution is 2.22. The van der Waals surface area contributed by atoms with Crippen LogP contribution in [-0.4, -0.2) is 12.9 Å². The van der Waals surface area contributed by atoms with Gasteiger partial charge in [0.25, 0.3) is 0 Å². The first-order valence-electron chi connectivity index (χ1n) is 2.96. The fourth-order valence-corrected chi connectivity index (χ4v) is 2.25. The largest absolute Gasteiger partial charge is 0.308 e. The normalized spacial score (nSPS) is 11.7. The van der Waals surface area contributed by atoms with E-state index in [2.05, 4.69) is 26.3 Å². The Morgan fingerprint density at radius 3 is 2.91 bits per heavy atom. The highest BCUT2D eigenvalue weighted by Gasteiger charge is 2.05. The summed E-state index contributed by atoms with van der Waals surface area (Å²) >= 11 is 4.97. The van der Waals surface area contributed by atoms with Crippen LogP contribution in [0.3, 0.4) is 0 Å². The minimum Gasteiger partial charge on any atom is -0.308 e. The Morgan fingerprint density at radius 2 is 2.55 bits per heavy atom. The predicted molar refractivity (Wildman–Crippen MR) is 51.8 cm³/mol. The molecular formula is C6H8BrN3S. The van der Waals surface area contributed by atoms with Crippen LogP contribution in [-0.2, 0) is 0 Å². The molecule has 11 heavy (non-hydrogen) atoms. The van der Waals surface area contributed by atoms with Crippen molar-refractivity contribution in [1.29, 1.82) is 0 Å². The SMILES string of the molecule is CN=C(NN)c1sccc1Br. The molecular weight excluding hydrogens is 226 g/mol. The van der Waals surface area contributed by atoms with Crippen molar-refractivity contribution < 1.29 is 0 Å². The molecule has 0 aliphatic heterocycles. The lowest BCUT2D eigenvalue weighted by Gasteiger charge is -2.00. The van der Waals surface area contributed by atoms with E-state index in [1.165, 1.54) is 0 Å². The Labute approximate surface area is 77.4 Å². The van der Waals surface area contributed by atoms with E-state index >= 15 is 0 Å². The number of nitrogens with two attached hydrogens (primary N) is 1. The van der Waals surface area contributed by atoms with Gasteiger partial charge in [0, 0.05) is 11.5 Å². The monoisotopic (exact) mass is 233 g/mol. The van der Waals surface area contributed by atoms with E-state index in [0.717, 1.165) is 9.35 Å². The third-order valence-electron chi connectivity index (χ3n) is 1.19. The molecule has 0 bridgehead atoms. The van der Waals surface area contributed by atoms with Crippen LogP contribution >= 0.6 is 27.3 Å². The second kappa shape index (κ2) is 3.85. The molecule has 0 fully saturated rings. The lowest BCUT2D eigenvalue weighted by Crippen LogP contribution is -2.30. The number of hydrazine groups is 1. The minimum absolute atomic E-state index is 0.701. The number of nitrogens with zero attached hydrogens (tertiary/aromatic N) is 1. The first kappa shape index (κ1) is 8.70. The van der Waals surface area contributed by atoms with Gasteiger partial charge < -0.3 is 5.43 Å². The maximum absolute atomic E-state index is 5.25. The summed E-state index contributed by atoms with van der Waals surface area (Å²) in [4.78, 5) is 4.99. The molecule has 0 saturated heterocycles. The molecule has 1 aromatic rings. The van der Waals surface area contributed by atoms with Crippen LogP contribution in [0, 0.1) is 0 Å². The van der Waals surface area contributed by atoms with Crippen molar-refractivity contribution in [3.63, 3.8) is 0 Å². The van der Waals surface area contributed by atoms with Gasteiger partial charge in [0.05, 0.1) is 4.88 Å². The summed E-state index contributed by atoms with van der Waals surface area (Å²) < 4.78 is 1.01. The molecule has 0 aliphatic rings. The number of hydrogen-bond donors (Lipinski definition) is 2. The van der Waals surface area contributed by atoms with E-state index in [1.54, 1.807) is 18.4 Å². The van der Waals surface area contributed by atoms with Gasteiger partial charge in [0.15, 0.2) is 5.84 Å². The number of aliphatic imine (C=N–C) groups is 1. The van der Waals surface area contributed by atoms with Crippen LogP contribution < -0.4 is 11.3 Å². The van der Waals surface area contributed by atoms with Crippen molar-refractivity contribution in [2.45, 2.75) is 0 Å². The number of amidine groups is 1. The minimum atomic E-state index is 0.701. The molecule has 0 unspecified atom stereocenters. The number of thiophene rings is 1. The fourth-order valence-electron chi connectivity index (χ4n) is 0.694. The molecule has 1 heterocycles. The fraction of sp³-hybridized carbons (Fsp3) is 0.167. The van der Waals surface area contributed by atoms with Crippen molar-refractivity contribution in [3.05, 3.63) is 20.8 Å². The lowest BCUT2D eigenvalue weighted by atomic mass is 10.4. The van der Waals surface area contributed by atoms with Crippen molar-refractivity contribution in [2.24, 2.45) is 10.8 Å². The average molecular weight is 234 g/mol. The molecule has 1 rings (SSSR count). The van der Waals surface area contributed by atoms with Crippen LogP contribution in [0.1, 0.15) is 4.88 Å². The molecule has 3 nitrogen and oxygen atoms in total. The van der Waals surface area contributed by atoms with Crippen LogP contribution in [0.25, 0.3) is 0 Å². The molecule has 0 spiro atoms. The Hall–Kier alpha value is -0.390. The Bertz CT molecular complexity index is 269. The first-order chi connectivity index (χ1) is 5.29. The van der Waals surface area contributed by atoms with Gasteiger partial charge in [-0.3, -0.25) is 4.99 Å². The highest BCUT2D eigenvalue weighted by atomic mass is 79.9. The van der Waals surface area contributed by atoms with Crippen molar-refractivity contribution in [2.75, 3.05) is 7.05 Å². The zero-order valence-electron chi connectivity index (χ0n) is 5.97. The standard InChI is InChI=1S/C6H8BrN3S/c1-9-6(10-8)5-4(7)2-3-11-5/h2-3H,8H2,1H3,(H,9,10). The second-order valence-corrected chi connectivity index (χ2v) is 3.58. The Morgan fingerprint density at radius 1 is 1.82 bits per heavy atom. The van der Waals surface area contributed by atoms with E-state index in [-0.39, 0.29) is 0 Å². The highest BCUT2D eigenvalue weighted by molar-refractivity contribution is 9.10. The quantitative estimate of drug-likeness (QED) is 0.333. The summed E-state index contributed by atoms with van der Waals surface area (Å²) in [5, 5.41) is 1.97. The van der Waals surface area contributed by atoms with Gasteiger partial charge in [-0.2, -0.15) is 0 Å². The second-order valence-electron chi connectivity index (χ2n) is 1.81. The Balaban J connectivity index is 3.00. The van der Waals surface area contributed by atoms with Crippen LogP contribution in [0.2, 0.25) is 0 Å². The molecule has 0 saturated carbocycles.